The number of aromatic nitrogens is 5. The molecule has 3 aromatic rings. The van der Waals surface area contributed by atoms with E-state index in [0.717, 1.165) is 49.4 Å². The summed E-state index contributed by atoms with van der Waals surface area (Å²) in [6.07, 6.45) is 6.36. The number of pyridine rings is 1. The zero-order valence-corrected chi connectivity index (χ0v) is 14.8. The molecule has 0 saturated carbocycles. The Kier molecular flexibility index (Phi) is 4.05. The van der Waals surface area contributed by atoms with Crippen LogP contribution in [0.4, 0.5) is 5.82 Å². The van der Waals surface area contributed by atoms with Crippen molar-refractivity contribution in [2.75, 3.05) is 18.0 Å². The Morgan fingerprint density at radius 3 is 2.84 bits per heavy atom. The largest absolute Gasteiger partial charge is 0.355 e. The van der Waals surface area contributed by atoms with Crippen LogP contribution in [0.3, 0.4) is 0 Å². The number of aromatic amines is 1. The molecule has 1 aliphatic rings. The lowest BCUT2D eigenvalue weighted by Gasteiger charge is -2.39. The van der Waals surface area contributed by atoms with Gasteiger partial charge in [0.2, 0.25) is 5.65 Å². The van der Waals surface area contributed by atoms with E-state index in [1.54, 1.807) is 12.4 Å². The molecule has 8 heteroatoms. The Morgan fingerprint density at radius 1 is 1.32 bits per heavy atom. The lowest BCUT2D eigenvalue weighted by atomic mass is 9.86. The maximum atomic E-state index is 6.37. The third-order valence-electron chi connectivity index (χ3n) is 5.07. The number of nitrogens with two attached hydrogens (primary N) is 1. The molecule has 3 N–H and O–H groups in total. The summed E-state index contributed by atoms with van der Waals surface area (Å²) in [6, 6.07) is 3.71. The molecule has 130 valence electrons. The molecule has 0 aliphatic carbocycles. The van der Waals surface area contributed by atoms with E-state index in [-0.39, 0.29) is 5.54 Å². The van der Waals surface area contributed by atoms with E-state index < -0.39 is 0 Å². The second-order valence-corrected chi connectivity index (χ2v) is 6.90. The number of H-pyrrole nitrogens is 1. The average molecular weight is 358 g/mol. The van der Waals surface area contributed by atoms with Gasteiger partial charge in [-0.05, 0) is 31.4 Å². The van der Waals surface area contributed by atoms with Gasteiger partial charge in [0.05, 0.1) is 11.9 Å². The van der Waals surface area contributed by atoms with Crippen LogP contribution >= 0.6 is 11.6 Å². The highest BCUT2D eigenvalue weighted by Gasteiger charge is 2.29. The van der Waals surface area contributed by atoms with Crippen molar-refractivity contribution in [3.8, 4) is 11.3 Å². The van der Waals surface area contributed by atoms with Crippen LogP contribution in [-0.4, -0.2) is 43.8 Å². The fraction of sp³-hybridized carbons (Fsp3) is 0.412. The molecule has 0 spiro atoms. The van der Waals surface area contributed by atoms with Crippen LogP contribution < -0.4 is 10.6 Å². The molecule has 25 heavy (non-hydrogen) atoms. The summed E-state index contributed by atoms with van der Waals surface area (Å²) in [6.45, 7) is 3.92. The molecule has 1 saturated heterocycles. The van der Waals surface area contributed by atoms with Gasteiger partial charge in [-0.1, -0.05) is 18.5 Å². The molecule has 4 rings (SSSR count). The molecule has 0 bridgehead atoms. The summed E-state index contributed by atoms with van der Waals surface area (Å²) in [5, 5.41) is 7.70. The van der Waals surface area contributed by atoms with Gasteiger partial charge < -0.3 is 10.6 Å². The van der Waals surface area contributed by atoms with Crippen molar-refractivity contribution in [3.05, 3.63) is 29.7 Å². The van der Waals surface area contributed by atoms with Crippen molar-refractivity contribution in [3.63, 3.8) is 0 Å². The van der Waals surface area contributed by atoms with Crippen LogP contribution in [-0.2, 0) is 0 Å². The van der Waals surface area contributed by atoms with Gasteiger partial charge in [-0.3, -0.25) is 5.10 Å². The molecule has 0 atom stereocenters. The Morgan fingerprint density at radius 2 is 2.12 bits per heavy atom. The molecule has 0 unspecified atom stereocenters. The number of anilines is 1. The summed E-state index contributed by atoms with van der Waals surface area (Å²) in [5.74, 6) is 0.834. The van der Waals surface area contributed by atoms with E-state index in [2.05, 4.69) is 37.0 Å². The van der Waals surface area contributed by atoms with E-state index in [0.29, 0.717) is 16.3 Å². The number of nitrogens with one attached hydrogen (secondary N) is 1. The van der Waals surface area contributed by atoms with Crippen molar-refractivity contribution in [2.45, 2.75) is 31.7 Å². The summed E-state index contributed by atoms with van der Waals surface area (Å²) < 4.78 is 0. The van der Waals surface area contributed by atoms with E-state index in [1.807, 2.05) is 12.1 Å². The zero-order chi connectivity index (χ0) is 17.4. The van der Waals surface area contributed by atoms with E-state index in [9.17, 15) is 0 Å². The Balaban J connectivity index is 1.64. The molecule has 0 amide bonds. The first-order valence-electron chi connectivity index (χ1n) is 8.45. The highest BCUT2D eigenvalue weighted by Crippen LogP contribution is 2.30. The van der Waals surface area contributed by atoms with E-state index in [4.69, 9.17) is 17.3 Å². The first kappa shape index (κ1) is 16.2. The number of piperidine rings is 1. The van der Waals surface area contributed by atoms with Crippen molar-refractivity contribution in [1.29, 1.82) is 0 Å². The Bertz CT molecular complexity index is 899. The smallest absolute Gasteiger partial charge is 0.202 e. The Labute approximate surface area is 150 Å². The summed E-state index contributed by atoms with van der Waals surface area (Å²) in [4.78, 5) is 15.6. The van der Waals surface area contributed by atoms with Crippen molar-refractivity contribution in [2.24, 2.45) is 5.73 Å². The number of hydrogen-bond acceptors (Lipinski definition) is 6. The van der Waals surface area contributed by atoms with Gasteiger partial charge in [0, 0.05) is 30.4 Å². The summed E-state index contributed by atoms with van der Waals surface area (Å²) in [7, 11) is 0. The Hall–Kier alpha value is -2.25. The minimum Gasteiger partial charge on any atom is -0.355 e. The third kappa shape index (κ3) is 2.94. The lowest BCUT2D eigenvalue weighted by Crippen LogP contribution is -2.50. The van der Waals surface area contributed by atoms with E-state index >= 15 is 0 Å². The number of hydrogen-bond donors (Lipinski definition) is 2. The van der Waals surface area contributed by atoms with Crippen molar-refractivity contribution in [1.82, 2.24) is 25.1 Å². The van der Waals surface area contributed by atoms with Gasteiger partial charge in [0.15, 0.2) is 0 Å². The first-order chi connectivity index (χ1) is 12.1. The normalized spacial score (nSPS) is 17.2. The molecule has 3 aromatic heterocycles. The second kappa shape index (κ2) is 6.24. The fourth-order valence-electron chi connectivity index (χ4n) is 3.23. The fourth-order valence-corrected chi connectivity index (χ4v) is 3.45. The minimum atomic E-state index is -0.0510. The molecule has 1 aliphatic heterocycles. The van der Waals surface area contributed by atoms with Crippen LogP contribution in [0.5, 0.6) is 0 Å². The maximum Gasteiger partial charge on any atom is 0.202 e. The molecular formula is C17H20ClN7. The minimum absolute atomic E-state index is 0.0510. The lowest BCUT2D eigenvalue weighted by molar-refractivity contribution is 0.322. The van der Waals surface area contributed by atoms with Crippen LogP contribution in [0.15, 0.2) is 24.5 Å². The molecular weight excluding hydrogens is 338 g/mol. The molecule has 1 fully saturated rings. The summed E-state index contributed by atoms with van der Waals surface area (Å²) >= 11 is 6.18. The second-order valence-electron chi connectivity index (χ2n) is 6.54. The van der Waals surface area contributed by atoms with Gasteiger partial charge in [-0.2, -0.15) is 5.10 Å². The van der Waals surface area contributed by atoms with Gasteiger partial charge in [0.25, 0.3) is 0 Å². The average Bonchev–Trinajstić information content (AvgIpc) is 3.06. The van der Waals surface area contributed by atoms with E-state index in [1.165, 1.54) is 0 Å². The standard InChI is InChI=1S/C17H20ClN7/c1-2-17(19)5-8-25(9-6-17)12-10-21-14-13(23-24-16(14)22-12)11-4-3-7-20-15(11)18/h3-4,7,10H,2,5-6,8-9,19H2,1H3,(H,22,23,24). The zero-order valence-electron chi connectivity index (χ0n) is 14.0. The predicted octanol–water partition coefficient (Wildman–Crippen LogP) is 2.78. The third-order valence-corrected chi connectivity index (χ3v) is 5.37. The van der Waals surface area contributed by atoms with Crippen molar-refractivity contribution >= 4 is 28.6 Å². The topological polar surface area (TPSA) is 96.6 Å². The highest BCUT2D eigenvalue weighted by atomic mass is 35.5. The SMILES string of the molecule is CCC1(N)CCN(c2cnc3c(-c4cccnc4Cl)[nH]nc3n2)CC1. The van der Waals surface area contributed by atoms with Crippen molar-refractivity contribution < 1.29 is 0 Å². The molecule has 7 nitrogen and oxygen atoms in total. The number of rotatable bonds is 3. The first-order valence-corrected chi connectivity index (χ1v) is 8.83. The monoisotopic (exact) mass is 357 g/mol. The molecule has 0 radical (unpaired) electrons. The van der Waals surface area contributed by atoms with Crippen LogP contribution in [0.25, 0.3) is 22.4 Å². The molecule has 4 heterocycles. The van der Waals surface area contributed by atoms with Gasteiger partial charge in [-0.25, -0.2) is 15.0 Å². The number of fused-ring (bicyclic) bond motifs is 1. The summed E-state index contributed by atoms with van der Waals surface area (Å²) in [5.41, 5.74) is 9.09. The maximum absolute atomic E-state index is 6.37. The van der Waals surface area contributed by atoms with Crippen LogP contribution in [0.2, 0.25) is 5.15 Å². The quantitative estimate of drug-likeness (QED) is 0.699. The van der Waals surface area contributed by atoms with Crippen LogP contribution in [0.1, 0.15) is 26.2 Å². The van der Waals surface area contributed by atoms with Gasteiger partial charge >= 0.3 is 0 Å². The highest BCUT2D eigenvalue weighted by molar-refractivity contribution is 6.32. The number of halogens is 1. The predicted molar refractivity (Wildman–Crippen MR) is 98.6 cm³/mol. The number of nitrogens with zero attached hydrogens (tertiary/aromatic N) is 5. The van der Waals surface area contributed by atoms with Gasteiger partial charge in [-0.15, -0.1) is 0 Å². The van der Waals surface area contributed by atoms with Gasteiger partial charge in [0.1, 0.15) is 16.5 Å². The molecule has 0 aromatic carbocycles. The van der Waals surface area contributed by atoms with Crippen LogP contribution in [0, 0.1) is 0 Å².